The molecule has 0 aliphatic carbocycles. The molecule has 3 N–H and O–H groups in total. The summed E-state index contributed by atoms with van der Waals surface area (Å²) in [6.07, 6.45) is 0.257. The van der Waals surface area contributed by atoms with E-state index in [-0.39, 0.29) is 24.3 Å². The molecular weight excluding hydrogens is 344 g/mol. The van der Waals surface area contributed by atoms with Gasteiger partial charge in [0.15, 0.2) is 0 Å². The second-order valence-corrected chi connectivity index (χ2v) is 6.60. The van der Waals surface area contributed by atoms with Crippen molar-refractivity contribution in [2.24, 2.45) is 0 Å². The fraction of sp³-hybridized carbons (Fsp3) is 0.250. The summed E-state index contributed by atoms with van der Waals surface area (Å²) >= 11 is 0. The minimum absolute atomic E-state index is 0.0168. The molecule has 1 unspecified atom stereocenters. The number of rotatable bonds is 4. The molecule has 1 atom stereocenters. The van der Waals surface area contributed by atoms with E-state index in [1.807, 2.05) is 31.2 Å². The Bertz CT molecular complexity index is 864. The Kier molecular flexibility index (Phi) is 5.40. The molecule has 7 heteroatoms. The van der Waals surface area contributed by atoms with Crippen molar-refractivity contribution in [3.8, 4) is 0 Å². The first kappa shape index (κ1) is 18.4. The minimum Gasteiger partial charge on any atom is -0.333 e. The summed E-state index contributed by atoms with van der Waals surface area (Å²) in [5, 5.41) is 8.22. The summed E-state index contributed by atoms with van der Waals surface area (Å²) in [4.78, 5) is 37.3. The maximum atomic E-state index is 12.3. The third-order valence-corrected chi connectivity index (χ3v) is 4.25. The number of carbonyl (C=O) groups excluding carboxylic acids is 3. The van der Waals surface area contributed by atoms with E-state index in [2.05, 4.69) is 16.0 Å². The van der Waals surface area contributed by atoms with Gasteiger partial charge < -0.3 is 20.9 Å². The molecular formula is C20H22N4O3. The summed E-state index contributed by atoms with van der Waals surface area (Å²) in [6.45, 7) is 3.84. The molecule has 0 aromatic heterocycles. The zero-order chi connectivity index (χ0) is 19.4. The second kappa shape index (κ2) is 7.90. The molecule has 140 valence electrons. The van der Waals surface area contributed by atoms with Crippen molar-refractivity contribution in [1.29, 1.82) is 0 Å². The van der Waals surface area contributed by atoms with E-state index in [1.165, 1.54) is 6.92 Å². The van der Waals surface area contributed by atoms with Crippen molar-refractivity contribution >= 4 is 34.9 Å². The van der Waals surface area contributed by atoms with Crippen molar-refractivity contribution in [2.75, 3.05) is 22.1 Å². The van der Waals surface area contributed by atoms with Crippen LogP contribution >= 0.6 is 0 Å². The highest BCUT2D eigenvalue weighted by Gasteiger charge is 2.31. The largest absolute Gasteiger partial charge is 0.333 e. The molecule has 2 aromatic carbocycles. The number of aryl methyl sites for hydroxylation is 1. The topological polar surface area (TPSA) is 90.5 Å². The molecule has 1 fully saturated rings. The van der Waals surface area contributed by atoms with E-state index >= 15 is 0 Å². The van der Waals surface area contributed by atoms with Gasteiger partial charge in [-0.25, -0.2) is 4.79 Å². The maximum absolute atomic E-state index is 12.3. The number of anilines is 3. The predicted octanol–water partition coefficient (Wildman–Crippen LogP) is 2.88. The number of hydrogen-bond acceptors (Lipinski definition) is 3. The number of carbonyl (C=O) groups is 3. The molecule has 1 aliphatic heterocycles. The van der Waals surface area contributed by atoms with Crippen LogP contribution in [0.5, 0.6) is 0 Å². The normalized spacial score (nSPS) is 16.1. The number of hydrogen-bond donors (Lipinski definition) is 3. The van der Waals surface area contributed by atoms with Crippen LogP contribution in [0.15, 0.2) is 48.5 Å². The smallest absolute Gasteiger partial charge is 0.319 e. The lowest BCUT2D eigenvalue weighted by Gasteiger charge is -2.17. The van der Waals surface area contributed by atoms with Crippen molar-refractivity contribution < 1.29 is 14.4 Å². The molecule has 2 aromatic rings. The van der Waals surface area contributed by atoms with Gasteiger partial charge in [0, 0.05) is 37.0 Å². The fourth-order valence-corrected chi connectivity index (χ4v) is 3.01. The first-order valence-electron chi connectivity index (χ1n) is 8.73. The number of benzene rings is 2. The number of amides is 4. The number of nitrogens with one attached hydrogen (secondary N) is 3. The number of nitrogens with zero attached hydrogens (tertiary/aromatic N) is 1. The SMILES string of the molecule is CC(=O)Nc1cccc(NC(=O)NC2CC(=O)N(c3ccc(C)cc3)C2)c1. The van der Waals surface area contributed by atoms with Crippen LogP contribution in [0.1, 0.15) is 18.9 Å². The molecule has 1 heterocycles. The molecule has 1 aliphatic rings. The zero-order valence-corrected chi connectivity index (χ0v) is 15.3. The Balaban J connectivity index is 1.58. The molecule has 0 saturated carbocycles. The first-order chi connectivity index (χ1) is 12.9. The van der Waals surface area contributed by atoms with E-state index in [1.54, 1.807) is 29.2 Å². The van der Waals surface area contributed by atoms with E-state index in [0.29, 0.717) is 17.9 Å². The molecule has 27 heavy (non-hydrogen) atoms. The van der Waals surface area contributed by atoms with Crippen LogP contribution in [0.2, 0.25) is 0 Å². The maximum Gasteiger partial charge on any atom is 0.319 e. The van der Waals surface area contributed by atoms with Gasteiger partial charge in [-0.15, -0.1) is 0 Å². The Morgan fingerprint density at radius 1 is 1.04 bits per heavy atom. The zero-order valence-electron chi connectivity index (χ0n) is 15.3. The Morgan fingerprint density at radius 3 is 2.37 bits per heavy atom. The third-order valence-electron chi connectivity index (χ3n) is 4.25. The van der Waals surface area contributed by atoms with Gasteiger partial charge in [-0.05, 0) is 37.3 Å². The lowest BCUT2D eigenvalue weighted by atomic mass is 10.2. The summed E-state index contributed by atoms with van der Waals surface area (Å²) < 4.78 is 0. The van der Waals surface area contributed by atoms with Gasteiger partial charge in [-0.2, -0.15) is 0 Å². The average molecular weight is 366 g/mol. The van der Waals surface area contributed by atoms with Crippen molar-refractivity contribution in [3.63, 3.8) is 0 Å². The second-order valence-electron chi connectivity index (χ2n) is 6.60. The van der Waals surface area contributed by atoms with Crippen molar-refractivity contribution in [3.05, 3.63) is 54.1 Å². The number of urea groups is 1. The minimum atomic E-state index is -0.390. The van der Waals surface area contributed by atoms with E-state index in [9.17, 15) is 14.4 Å². The lowest BCUT2D eigenvalue weighted by molar-refractivity contribution is -0.117. The summed E-state index contributed by atoms with van der Waals surface area (Å²) in [7, 11) is 0. The fourth-order valence-electron chi connectivity index (χ4n) is 3.01. The standard InChI is InChI=1S/C20H22N4O3/c1-13-6-8-18(9-7-13)24-12-17(11-19(24)26)23-20(27)22-16-5-3-4-15(10-16)21-14(2)25/h3-10,17H,11-12H2,1-2H3,(H,21,25)(H2,22,23,27). The first-order valence-corrected chi connectivity index (χ1v) is 8.73. The molecule has 0 radical (unpaired) electrons. The molecule has 4 amide bonds. The quantitative estimate of drug-likeness (QED) is 0.777. The van der Waals surface area contributed by atoms with E-state index < -0.39 is 6.03 Å². The van der Waals surface area contributed by atoms with Crippen molar-refractivity contribution in [2.45, 2.75) is 26.3 Å². The molecule has 1 saturated heterocycles. The highest BCUT2D eigenvalue weighted by Crippen LogP contribution is 2.22. The van der Waals surface area contributed by atoms with Gasteiger partial charge in [-0.3, -0.25) is 9.59 Å². The van der Waals surface area contributed by atoms with Gasteiger partial charge in [-0.1, -0.05) is 23.8 Å². The van der Waals surface area contributed by atoms with Crippen LogP contribution < -0.4 is 20.9 Å². The predicted molar refractivity (Wildman–Crippen MR) is 105 cm³/mol. The third kappa shape index (κ3) is 4.84. The Morgan fingerprint density at radius 2 is 1.70 bits per heavy atom. The van der Waals surface area contributed by atoms with Crippen molar-refractivity contribution in [1.82, 2.24) is 5.32 Å². The molecule has 0 bridgehead atoms. The van der Waals surface area contributed by atoms with Gasteiger partial charge >= 0.3 is 6.03 Å². The van der Waals surface area contributed by atoms with E-state index in [0.717, 1.165) is 11.3 Å². The van der Waals surface area contributed by atoms with Gasteiger partial charge in [0.1, 0.15) is 0 Å². The highest BCUT2D eigenvalue weighted by atomic mass is 16.2. The summed E-state index contributed by atoms with van der Waals surface area (Å²) in [6, 6.07) is 13.9. The van der Waals surface area contributed by atoms with Gasteiger partial charge in [0.05, 0.1) is 6.04 Å². The van der Waals surface area contributed by atoms with Gasteiger partial charge in [0.2, 0.25) is 11.8 Å². The average Bonchev–Trinajstić information content (AvgIpc) is 2.95. The van der Waals surface area contributed by atoms with Crippen LogP contribution in [-0.2, 0) is 9.59 Å². The summed E-state index contributed by atoms with van der Waals surface area (Å²) in [5.74, 6) is -0.200. The Hall–Kier alpha value is -3.35. The van der Waals surface area contributed by atoms with Crippen LogP contribution in [0, 0.1) is 6.92 Å². The van der Waals surface area contributed by atoms with Crippen LogP contribution in [0.25, 0.3) is 0 Å². The Labute approximate surface area is 157 Å². The van der Waals surface area contributed by atoms with Gasteiger partial charge in [0.25, 0.3) is 0 Å². The molecule has 0 spiro atoms. The molecule has 3 rings (SSSR count). The highest BCUT2D eigenvalue weighted by molar-refractivity contribution is 5.98. The van der Waals surface area contributed by atoms with Crippen LogP contribution in [0.3, 0.4) is 0 Å². The van der Waals surface area contributed by atoms with Crippen LogP contribution in [-0.4, -0.2) is 30.4 Å². The monoisotopic (exact) mass is 366 g/mol. The summed E-state index contributed by atoms with van der Waals surface area (Å²) in [5.41, 5.74) is 3.11. The molecule has 7 nitrogen and oxygen atoms in total. The van der Waals surface area contributed by atoms with Crippen LogP contribution in [0.4, 0.5) is 21.9 Å². The lowest BCUT2D eigenvalue weighted by Crippen LogP contribution is -2.39. The van der Waals surface area contributed by atoms with E-state index in [4.69, 9.17) is 0 Å².